The Morgan fingerprint density at radius 1 is 1.07 bits per heavy atom. The van der Waals surface area contributed by atoms with E-state index in [-0.39, 0.29) is 16.8 Å². The molecule has 29 heavy (non-hydrogen) atoms. The Morgan fingerprint density at radius 2 is 1.69 bits per heavy atom. The maximum Gasteiger partial charge on any atom is 0.406 e. The Hall–Kier alpha value is -2.74. The molecule has 1 heterocycles. The topological polar surface area (TPSA) is 38.1 Å². The lowest BCUT2D eigenvalue weighted by atomic mass is 10.2. The third-order valence-corrected chi connectivity index (χ3v) is 5.21. The molecule has 0 bridgehead atoms. The minimum absolute atomic E-state index is 0.00810. The number of benzene rings is 2. The number of nitrogens with zero attached hydrogens (tertiary/aromatic N) is 3. The van der Waals surface area contributed by atoms with Gasteiger partial charge in [0, 0.05) is 12.2 Å². The van der Waals surface area contributed by atoms with Crippen LogP contribution in [-0.4, -0.2) is 33.9 Å². The molecule has 0 spiro atoms. The van der Waals surface area contributed by atoms with Crippen molar-refractivity contribution in [2.24, 2.45) is 0 Å². The van der Waals surface area contributed by atoms with Gasteiger partial charge in [-0.2, -0.15) is 13.2 Å². The van der Waals surface area contributed by atoms with Crippen LogP contribution in [0.15, 0.2) is 72.0 Å². The number of carbonyl (C=O) groups excluding carboxylic acids is 1. The van der Waals surface area contributed by atoms with Crippen LogP contribution >= 0.6 is 11.8 Å². The van der Waals surface area contributed by atoms with E-state index in [0.717, 1.165) is 22.0 Å². The van der Waals surface area contributed by atoms with Crippen LogP contribution in [-0.2, 0) is 11.3 Å². The van der Waals surface area contributed by atoms with Crippen LogP contribution in [0.25, 0.3) is 11.3 Å². The molecular formula is C21H20F3N3OS. The van der Waals surface area contributed by atoms with Gasteiger partial charge >= 0.3 is 6.18 Å². The Bertz CT molecular complexity index is 943. The molecule has 0 aliphatic heterocycles. The fraction of sp³-hybridized carbons (Fsp3) is 0.238. The van der Waals surface area contributed by atoms with Gasteiger partial charge in [-0.3, -0.25) is 4.79 Å². The van der Waals surface area contributed by atoms with Gasteiger partial charge < -0.3 is 9.47 Å². The van der Waals surface area contributed by atoms with E-state index in [0.29, 0.717) is 17.8 Å². The standard InChI is InChI=1S/C21H20F3N3OS/c1-2-26(17-11-7-4-8-12-17)19(28)14-29-20-25-13-18(16-9-5-3-6-10-16)27(20)15-21(22,23)24/h3-13H,2,14-15H2,1H3. The number of amides is 1. The van der Waals surface area contributed by atoms with E-state index in [9.17, 15) is 18.0 Å². The Labute approximate surface area is 171 Å². The number of hydrogen-bond donors (Lipinski definition) is 0. The first-order valence-corrected chi connectivity index (χ1v) is 10.0. The minimum atomic E-state index is -4.40. The van der Waals surface area contributed by atoms with Gasteiger partial charge in [-0.1, -0.05) is 60.3 Å². The summed E-state index contributed by atoms with van der Waals surface area (Å²) in [6, 6.07) is 18.0. The van der Waals surface area contributed by atoms with Crippen molar-refractivity contribution in [3.63, 3.8) is 0 Å². The number of carbonyl (C=O) groups is 1. The second kappa shape index (κ2) is 9.17. The summed E-state index contributed by atoms with van der Waals surface area (Å²) in [5.74, 6) is -0.197. The van der Waals surface area contributed by atoms with Crippen molar-refractivity contribution < 1.29 is 18.0 Å². The third kappa shape index (κ3) is 5.41. The first-order chi connectivity index (χ1) is 13.9. The van der Waals surface area contributed by atoms with Crippen LogP contribution in [0.5, 0.6) is 0 Å². The summed E-state index contributed by atoms with van der Waals surface area (Å²) in [7, 11) is 0. The third-order valence-electron chi connectivity index (χ3n) is 4.24. The van der Waals surface area contributed by atoms with Crippen LogP contribution < -0.4 is 4.90 Å². The van der Waals surface area contributed by atoms with Gasteiger partial charge in [-0.15, -0.1) is 0 Å². The van der Waals surface area contributed by atoms with Gasteiger partial charge in [-0.25, -0.2) is 4.98 Å². The van der Waals surface area contributed by atoms with E-state index in [2.05, 4.69) is 4.98 Å². The number of alkyl halides is 3. The second-order valence-electron chi connectivity index (χ2n) is 6.26. The molecule has 0 fully saturated rings. The molecule has 152 valence electrons. The molecule has 0 aliphatic rings. The average Bonchev–Trinajstić information content (AvgIpc) is 3.09. The molecule has 0 saturated heterocycles. The summed E-state index contributed by atoms with van der Waals surface area (Å²) in [6.45, 7) is 1.16. The molecule has 0 N–H and O–H groups in total. The summed E-state index contributed by atoms with van der Waals surface area (Å²) in [5.41, 5.74) is 1.76. The molecule has 3 aromatic rings. The number of para-hydroxylation sites is 1. The molecule has 2 aromatic carbocycles. The molecule has 0 unspecified atom stereocenters. The van der Waals surface area contributed by atoms with Crippen molar-refractivity contribution in [3.05, 3.63) is 66.9 Å². The van der Waals surface area contributed by atoms with Crippen LogP contribution in [0.4, 0.5) is 18.9 Å². The predicted octanol–water partition coefficient (Wildman–Crippen LogP) is 5.26. The molecule has 0 aliphatic carbocycles. The zero-order valence-corrected chi connectivity index (χ0v) is 16.6. The fourth-order valence-corrected chi connectivity index (χ4v) is 3.81. The number of thioether (sulfide) groups is 1. The number of halogens is 3. The zero-order valence-electron chi connectivity index (χ0n) is 15.8. The molecule has 1 aromatic heterocycles. The van der Waals surface area contributed by atoms with Crippen molar-refractivity contribution in [1.82, 2.24) is 9.55 Å². The first-order valence-electron chi connectivity index (χ1n) is 9.05. The van der Waals surface area contributed by atoms with Gasteiger partial charge in [0.2, 0.25) is 5.91 Å². The summed E-state index contributed by atoms with van der Waals surface area (Å²) < 4.78 is 40.6. The lowest BCUT2D eigenvalue weighted by Crippen LogP contribution is -2.32. The highest BCUT2D eigenvalue weighted by Crippen LogP contribution is 2.30. The Balaban J connectivity index is 1.81. The summed E-state index contributed by atoms with van der Waals surface area (Å²) >= 11 is 1.01. The normalized spacial score (nSPS) is 11.4. The summed E-state index contributed by atoms with van der Waals surface area (Å²) in [4.78, 5) is 18.4. The summed E-state index contributed by atoms with van der Waals surface area (Å²) in [5, 5.41) is 0.165. The highest BCUT2D eigenvalue weighted by Gasteiger charge is 2.31. The van der Waals surface area contributed by atoms with Crippen LogP contribution in [0.2, 0.25) is 0 Å². The molecular weight excluding hydrogens is 399 g/mol. The number of aromatic nitrogens is 2. The van der Waals surface area contributed by atoms with Crippen molar-refractivity contribution >= 4 is 23.4 Å². The van der Waals surface area contributed by atoms with Gasteiger partial charge in [0.25, 0.3) is 0 Å². The van der Waals surface area contributed by atoms with E-state index in [1.807, 2.05) is 37.3 Å². The highest BCUT2D eigenvalue weighted by molar-refractivity contribution is 7.99. The number of anilines is 1. The average molecular weight is 419 g/mol. The van der Waals surface area contributed by atoms with E-state index in [1.165, 1.54) is 6.20 Å². The number of hydrogen-bond acceptors (Lipinski definition) is 3. The van der Waals surface area contributed by atoms with Crippen molar-refractivity contribution in [1.29, 1.82) is 0 Å². The highest BCUT2D eigenvalue weighted by atomic mass is 32.2. The molecule has 1 amide bonds. The number of rotatable bonds is 7. The smallest absolute Gasteiger partial charge is 0.312 e. The molecule has 3 rings (SSSR count). The Morgan fingerprint density at radius 3 is 2.28 bits per heavy atom. The monoisotopic (exact) mass is 419 g/mol. The van der Waals surface area contributed by atoms with Gasteiger partial charge in [0.05, 0.1) is 17.6 Å². The van der Waals surface area contributed by atoms with Crippen LogP contribution in [0.3, 0.4) is 0 Å². The van der Waals surface area contributed by atoms with E-state index in [4.69, 9.17) is 0 Å². The first kappa shape index (κ1) is 21.0. The van der Waals surface area contributed by atoms with Crippen LogP contribution in [0, 0.1) is 0 Å². The maximum atomic E-state index is 13.2. The Kier molecular flexibility index (Phi) is 6.64. The van der Waals surface area contributed by atoms with Gasteiger partial charge in [-0.05, 0) is 24.6 Å². The maximum absolute atomic E-state index is 13.2. The molecule has 8 heteroatoms. The fourth-order valence-electron chi connectivity index (χ4n) is 2.96. The molecule has 0 radical (unpaired) electrons. The van der Waals surface area contributed by atoms with Gasteiger partial charge in [0.1, 0.15) is 6.54 Å². The SMILES string of the molecule is CCN(C(=O)CSc1ncc(-c2ccccc2)n1CC(F)(F)F)c1ccccc1. The van der Waals surface area contributed by atoms with Crippen LogP contribution in [0.1, 0.15) is 6.92 Å². The van der Waals surface area contributed by atoms with E-state index >= 15 is 0 Å². The second-order valence-corrected chi connectivity index (χ2v) is 7.20. The lowest BCUT2D eigenvalue weighted by molar-refractivity contribution is -0.141. The zero-order chi connectivity index (χ0) is 20.9. The lowest BCUT2D eigenvalue weighted by Gasteiger charge is -2.21. The molecule has 0 saturated carbocycles. The molecule has 4 nitrogen and oxygen atoms in total. The van der Waals surface area contributed by atoms with Crippen molar-refractivity contribution in [2.75, 3.05) is 17.2 Å². The molecule has 0 atom stereocenters. The quantitative estimate of drug-likeness (QED) is 0.491. The van der Waals surface area contributed by atoms with Gasteiger partial charge in [0.15, 0.2) is 5.16 Å². The van der Waals surface area contributed by atoms with E-state index < -0.39 is 12.7 Å². The van der Waals surface area contributed by atoms with Crippen molar-refractivity contribution in [3.8, 4) is 11.3 Å². The summed E-state index contributed by atoms with van der Waals surface area (Å²) in [6.07, 6.45) is -2.98. The van der Waals surface area contributed by atoms with E-state index in [1.54, 1.807) is 35.2 Å². The minimum Gasteiger partial charge on any atom is -0.312 e. The van der Waals surface area contributed by atoms with Crippen molar-refractivity contribution in [2.45, 2.75) is 24.8 Å². The number of imidazole rings is 1. The predicted molar refractivity (Wildman–Crippen MR) is 109 cm³/mol. The largest absolute Gasteiger partial charge is 0.406 e.